The van der Waals surface area contributed by atoms with Crippen LogP contribution in [0.15, 0.2) is 29.3 Å². The van der Waals surface area contributed by atoms with Crippen LogP contribution in [0, 0.1) is 0 Å². The summed E-state index contributed by atoms with van der Waals surface area (Å²) in [6.45, 7) is 4.16. The van der Waals surface area contributed by atoms with Crippen LogP contribution in [-0.2, 0) is 9.47 Å². The Morgan fingerprint density at radius 1 is 1.37 bits per heavy atom. The number of methoxy groups -OCH3 is 1. The summed E-state index contributed by atoms with van der Waals surface area (Å²) in [6, 6.07) is 7.84. The van der Waals surface area contributed by atoms with Crippen LogP contribution in [0.5, 0.6) is 5.75 Å². The van der Waals surface area contributed by atoms with Crippen molar-refractivity contribution in [3.8, 4) is 5.75 Å². The van der Waals surface area contributed by atoms with Crippen molar-refractivity contribution in [3.05, 3.63) is 29.8 Å². The minimum Gasteiger partial charge on any atom is -0.497 e. The van der Waals surface area contributed by atoms with Gasteiger partial charge >= 0.3 is 0 Å². The van der Waals surface area contributed by atoms with Gasteiger partial charge < -0.3 is 14.2 Å². The fourth-order valence-electron chi connectivity index (χ4n) is 2.15. The lowest BCUT2D eigenvalue weighted by Gasteiger charge is -2.24. The molecule has 1 fully saturated rings. The lowest BCUT2D eigenvalue weighted by Crippen LogP contribution is -2.29. The molecule has 1 saturated heterocycles. The van der Waals surface area contributed by atoms with E-state index in [1.165, 1.54) is 0 Å². The predicted molar refractivity (Wildman–Crippen MR) is 75.0 cm³/mol. The van der Waals surface area contributed by atoms with E-state index in [2.05, 4.69) is 11.9 Å². The highest BCUT2D eigenvalue weighted by molar-refractivity contribution is 5.80. The second kappa shape index (κ2) is 6.68. The molecule has 0 radical (unpaired) electrons. The van der Waals surface area contributed by atoms with Crippen LogP contribution in [0.2, 0.25) is 0 Å². The molecule has 19 heavy (non-hydrogen) atoms. The van der Waals surface area contributed by atoms with Gasteiger partial charge in [0.25, 0.3) is 0 Å². The fraction of sp³-hybridized carbons (Fsp3) is 0.533. The van der Waals surface area contributed by atoms with Gasteiger partial charge in [-0.3, -0.25) is 4.99 Å². The van der Waals surface area contributed by atoms with Crippen LogP contribution < -0.4 is 4.74 Å². The maximum absolute atomic E-state index is 5.66. The molecule has 0 amide bonds. The van der Waals surface area contributed by atoms with Gasteiger partial charge in [0.05, 0.1) is 20.3 Å². The summed E-state index contributed by atoms with van der Waals surface area (Å²) in [4.78, 5) is 4.43. The molecule has 1 aliphatic heterocycles. The van der Waals surface area contributed by atoms with Crippen molar-refractivity contribution in [2.45, 2.75) is 25.6 Å². The van der Waals surface area contributed by atoms with Gasteiger partial charge in [-0.1, -0.05) is 19.1 Å². The maximum Gasteiger partial charge on any atom is 0.170 e. The van der Waals surface area contributed by atoms with Crippen LogP contribution in [-0.4, -0.2) is 38.9 Å². The Hall–Kier alpha value is -1.39. The smallest absolute Gasteiger partial charge is 0.170 e. The summed E-state index contributed by atoms with van der Waals surface area (Å²) < 4.78 is 16.5. The third-order valence-electron chi connectivity index (χ3n) is 3.31. The number of ether oxygens (including phenoxy) is 3. The maximum atomic E-state index is 5.66. The molecular formula is C15H21NO3. The quantitative estimate of drug-likeness (QED) is 0.741. The van der Waals surface area contributed by atoms with E-state index < -0.39 is 5.79 Å². The van der Waals surface area contributed by atoms with Crippen LogP contribution in [0.1, 0.15) is 25.3 Å². The average molecular weight is 263 g/mol. The second-order valence-electron chi connectivity index (χ2n) is 4.52. The van der Waals surface area contributed by atoms with Crippen LogP contribution in [0.3, 0.4) is 0 Å². The Labute approximate surface area is 114 Å². The van der Waals surface area contributed by atoms with Crippen molar-refractivity contribution >= 4 is 6.21 Å². The normalized spacial score (nSPS) is 18.0. The summed E-state index contributed by atoms with van der Waals surface area (Å²) >= 11 is 0. The predicted octanol–water partition coefficient (Wildman–Crippen LogP) is 2.66. The van der Waals surface area contributed by atoms with E-state index in [1.807, 2.05) is 30.5 Å². The van der Waals surface area contributed by atoms with Crippen molar-refractivity contribution in [2.75, 3.05) is 26.9 Å². The second-order valence-corrected chi connectivity index (χ2v) is 4.52. The Bertz CT molecular complexity index is 425. The van der Waals surface area contributed by atoms with E-state index in [-0.39, 0.29) is 0 Å². The highest BCUT2D eigenvalue weighted by Crippen LogP contribution is 2.26. The van der Waals surface area contributed by atoms with Gasteiger partial charge in [0.1, 0.15) is 5.75 Å². The van der Waals surface area contributed by atoms with Gasteiger partial charge in [0.15, 0.2) is 5.79 Å². The minimum atomic E-state index is -0.411. The average Bonchev–Trinajstić information content (AvgIpc) is 2.93. The topological polar surface area (TPSA) is 40.0 Å². The molecule has 0 atom stereocenters. The zero-order valence-electron chi connectivity index (χ0n) is 11.6. The third kappa shape index (κ3) is 3.78. The number of benzene rings is 1. The number of hydrogen-bond acceptors (Lipinski definition) is 4. The van der Waals surface area contributed by atoms with Gasteiger partial charge in [0.2, 0.25) is 0 Å². The Kier molecular flexibility index (Phi) is 4.93. The van der Waals surface area contributed by atoms with E-state index in [9.17, 15) is 0 Å². The fourth-order valence-corrected chi connectivity index (χ4v) is 2.15. The molecule has 1 aliphatic rings. The molecular weight excluding hydrogens is 242 g/mol. The molecule has 0 saturated carbocycles. The van der Waals surface area contributed by atoms with Crippen molar-refractivity contribution in [2.24, 2.45) is 4.99 Å². The Morgan fingerprint density at radius 2 is 2.16 bits per heavy atom. The lowest BCUT2D eigenvalue weighted by atomic mass is 10.1. The molecule has 104 valence electrons. The largest absolute Gasteiger partial charge is 0.497 e. The molecule has 0 N–H and O–H groups in total. The van der Waals surface area contributed by atoms with Crippen molar-refractivity contribution in [3.63, 3.8) is 0 Å². The Balaban J connectivity index is 1.85. The highest BCUT2D eigenvalue weighted by Gasteiger charge is 2.33. The summed E-state index contributed by atoms with van der Waals surface area (Å²) in [5.41, 5.74) is 1.04. The number of hydrogen-bond donors (Lipinski definition) is 0. The molecule has 0 unspecified atom stereocenters. The zero-order chi connectivity index (χ0) is 13.6. The van der Waals surface area contributed by atoms with Crippen LogP contribution in [0.25, 0.3) is 0 Å². The lowest BCUT2D eigenvalue weighted by molar-refractivity contribution is -0.161. The van der Waals surface area contributed by atoms with E-state index in [0.717, 1.165) is 24.2 Å². The number of nitrogens with zero attached hydrogens (tertiary/aromatic N) is 1. The summed E-state index contributed by atoms with van der Waals surface area (Å²) in [5, 5.41) is 0. The monoisotopic (exact) mass is 263 g/mol. The van der Waals surface area contributed by atoms with E-state index in [0.29, 0.717) is 19.8 Å². The summed E-state index contributed by atoms with van der Waals surface area (Å²) in [7, 11) is 1.66. The van der Waals surface area contributed by atoms with Crippen LogP contribution >= 0.6 is 0 Å². The zero-order valence-corrected chi connectivity index (χ0v) is 11.6. The minimum absolute atomic E-state index is 0.411. The van der Waals surface area contributed by atoms with Crippen molar-refractivity contribution in [1.29, 1.82) is 0 Å². The molecule has 0 spiro atoms. The Morgan fingerprint density at radius 3 is 2.84 bits per heavy atom. The van der Waals surface area contributed by atoms with Gasteiger partial charge in [-0.2, -0.15) is 0 Å². The number of aliphatic imine (C=N–C) groups is 1. The molecule has 0 aliphatic carbocycles. The highest BCUT2D eigenvalue weighted by atomic mass is 16.7. The summed E-state index contributed by atoms with van der Waals surface area (Å²) in [6.07, 6.45) is 3.52. The van der Waals surface area contributed by atoms with Gasteiger partial charge in [-0.25, -0.2) is 0 Å². The molecule has 0 aromatic heterocycles. The first-order valence-electron chi connectivity index (χ1n) is 6.70. The van der Waals surface area contributed by atoms with E-state index >= 15 is 0 Å². The first kappa shape index (κ1) is 14.0. The summed E-state index contributed by atoms with van der Waals surface area (Å²) in [5.74, 6) is 0.433. The third-order valence-corrected chi connectivity index (χ3v) is 3.31. The molecule has 1 aromatic rings. The van der Waals surface area contributed by atoms with Gasteiger partial charge in [-0.05, 0) is 24.1 Å². The van der Waals surface area contributed by atoms with Crippen molar-refractivity contribution in [1.82, 2.24) is 0 Å². The SMILES string of the molecule is CCC1(CCN=Cc2cccc(OC)c2)OCCO1. The molecule has 0 bridgehead atoms. The van der Waals surface area contributed by atoms with E-state index in [1.54, 1.807) is 7.11 Å². The molecule has 4 heteroatoms. The molecule has 2 rings (SSSR count). The van der Waals surface area contributed by atoms with E-state index in [4.69, 9.17) is 14.2 Å². The van der Waals surface area contributed by atoms with Crippen LogP contribution in [0.4, 0.5) is 0 Å². The molecule has 1 heterocycles. The van der Waals surface area contributed by atoms with Crippen molar-refractivity contribution < 1.29 is 14.2 Å². The standard InChI is InChI=1S/C15H21NO3/c1-3-15(18-9-10-19-15)7-8-16-12-13-5-4-6-14(11-13)17-2/h4-6,11-12H,3,7-10H2,1-2H3. The first-order chi connectivity index (χ1) is 9.28. The molecule has 1 aromatic carbocycles. The first-order valence-corrected chi connectivity index (χ1v) is 6.70. The number of rotatable bonds is 6. The van der Waals surface area contributed by atoms with Gasteiger partial charge in [-0.15, -0.1) is 0 Å². The molecule has 4 nitrogen and oxygen atoms in total. The van der Waals surface area contributed by atoms with Gasteiger partial charge in [0, 0.05) is 19.2 Å².